The van der Waals surface area contributed by atoms with Gasteiger partial charge in [-0.3, -0.25) is 0 Å². The second kappa shape index (κ2) is 18.6. The summed E-state index contributed by atoms with van der Waals surface area (Å²) in [6.45, 7) is 15.8. The fraction of sp³-hybridized carbons (Fsp3) is 0.462. The third kappa shape index (κ3) is 9.13. The molecular formula is C39H54N6O. The normalized spacial score (nSPS) is 17.2. The number of nitrogens with zero attached hydrogens (tertiary/aromatic N) is 4. The van der Waals surface area contributed by atoms with E-state index >= 15 is 0 Å². The van der Waals surface area contributed by atoms with Gasteiger partial charge in [-0.2, -0.15) is 0 Å². The van der Waals surface area contributed by atoms with Crippen molar-refractivity contribution in [3.8, 4) is 12.3 Å². The van der Waals surface area contributed by atoms with Crippen molar-refractivity contribution in [2.24, 2.45) is 0 Å². The number of nitrogens with one attached hydrogen (secondary N) is 2. The SMILES string of the molecule is C#Cc1ncc(N2CCCC(c3ccc(C4CC4)cc3/C=C\NC)[C@H]2C)nc1Nc1ccc(N(CCC)CCC)cc1.C=O.CC. The Bertz CT molecular complexity index is 1420. The zero-order chi connectivity index (χ0) is 33.5. The summed E-state index contributed by atoms with van der Waals surface area (Å²) in [5, 5.41) is 6.65. The molecule has 7 heteroatoms. The summed E-state index contributed by atoms with van der Waals surface area (Å²) in [5.74, 6) is 5.35. The van der Waals surface area contributed by atoms with E-state index < -0.39 is 0 Å². The first-order chi connectivity index (χ1) is 22.6. The van der Waals surface area contributed by atoms with Crippen LogP contribution in [0.1, 0.15) is 107 Å². The number of terminal acetylenes is 1. The van der Waals surface area contributed by atoms with Crippen LogP contribution >= 0.6 is 0 Å². The van der Waals surface area contributed by atoms with Crippen molar-refractivity contribution < 1.29 is 4.79 Å². The van der Waals surface area contributed by atoms with E-state index in [-0.39, 0.29) is 6.04 Å². The lowest BCUT2D eigenvalue weighted by Gasteiger charge is -2.41. The highest BCUT2D eigenvalue weighted by Crippen LogP contribution is 2.43. The summed E-state index contributed by atoms with van der Waals surface area (Å²) >= 11 is 0. The number of rotatable bonds is 12. The van der Waals surface area contributed by atoms with Gasteiger partial charge in [0, 0.05) is 50.0 Å². The second-order valence-electron chi connectivity index (χ2n) is 11.7. The molecule has 0 amide bonds. The van der Waals surface area contributed by atoms with Crippen LogP contribution in [0.5, 0.6) is 0 Å². The quantitative estimate of drug-likeness (QED) is 0.196. The van der Waals surface area contributed by atoms with E-state index in [4.69, 9.17) is 16.2 Å². The summed E-state index contributed by atoms with van der Waals surface area (Å²) in [6, 6.07) is 16.0. The second-order valence-corrected chi connectivity index (χ2v) is 11.7. The Morgan fingerprint density at radius 3 is 2.37 bits per heavy atom. The number of aromatic nitrogens is 2. The fourth-order valence-corrected chi connectivity index (χ4v) is 6.31. The molecule has 1 aromatic heterocycles. The smallest absolute Gasteiger partial charge is 0.167 e. The average molecular weight is 623 g/mol. The van der Waals surface area contributed by atoms with Crippen LogP contribution in [0.2, 0.25) is 0 Å². The van der Waals surface area contributed by atoms with Crippen molar-refractivity contribution in [1.82, 2.24) is 15.3 Å². The Balaban J connectivity index is 0.00000139. The standard InChI is InChI=1S/C36H46N6.C2H6.CH2O/c1-6-21-41(22-7-2)31-16-14-30(15-17-31)39-36-34(8-3)38-25-35(40-36)42-23-9-10-32(26(42)4)33-18-13-28(27-11-12-27)24-29(33)19-20-37-5;2*1-2/h3,13-20,24-27,32,37H,6-7,9-12,21-23H2,1-2,4-5H3,(H,39,40);1-2H3;1H2/b20-19-;;/t26-,32?;;/m1../s1. The minimum atomic E-state index is 0.272. The van der Waals surface area contributed by atoms with Gasteiger partial charge in [-0.15, -0.1) is 6.42 Å². The first-order valence-electron chi connectivity index (χ1n) is 17.0. The van der Waals surface area contributed by atoms with Gasteiger partial charge in [0.15, 0.2) is 11.5 Å². The van der Waals surface area contributed by atoms with Gasteiger partial charge < -0.3 is 25.2 Å². The summed E-state index contributed by atoms with van der Waals surface area (Å²) in [5.41, 5.74) is 6.92. The molecule has 1 aliphatic heterocycles. The van der Waals surface area contributed by atoms with Crippen molar-refractivity contribution in [1.29, 1.82) is 0 Å². The molecule has 7 nitrogen and oxygen atoms in total. The molecule has 2 atom stereocenters. The van der Waals surface area contributed by atoms with Gasteiger partial charge >= 0.3 is 0 Å². The van der Waals surface area contributed by atoms with Gasteiger partial charge in [-0.05, 0) is 111 Å². The van der Waals surface area contributed by atoms with Crippen LogP contribution in [-0.4, -0.2) is 49.5 Å². The molecule has 46 heavy (non-hydrogen) atoms. The number of carbonyl (C=O) groups excluding carboxylic acids is 1. The van der Waals surface area contributed by atoms with Crippen LogP contribution < -0.4 is 20.4 Å². The Kier molecular flexibility index (Phi) is 14.6. The lowest BCUT2D eigenvalue weighted by Crippen LogP contribution is -2.43. The summed E-state index contributed by atoms with van der Waals surface area (Å²) in [4.78, 5) is 22.6. The van der Waals surface area contributed by atoms with Gasteiger partial charge in [0.1, 0.15) is 12.6 Å². The molecule has 2 fully saturated rings. The molecule has 5 rings (SSSR count). The van der Waals surface area contributed by atoms with Crippen LogP contribution in [0.25, 0.3) is 6.08 Å². The van der Waals surface area contributed by atoms with Crippen molar-refractivity contribution in [3.63, 3.8) is 0 Å². The van der Waals surface area contributed by atoms with E-state index in [0.717, 1.165) is 62.7 Å². The van der Waals surface area contributed by atoms with Gasteiger partial charge in [0.05, 0.1) is 6.20 Å². The number of anilines is 4. The molecule has 1 saturated heterocycles. The Hall–Kier alpha value is -4.31. The molecule has 2 N–H and O–H groups in total. The van der Waals surface area contributed by atoms with Crippen LogP contribution in [0.15, 0.2) is 54.9 Å². The van der Waals surface area contributed by atoms with E-state index in [1.807, 2.05) is 40.1 Å². The lowest BCUT2D eigenvalue weighted by molar-refractivity contribution is -0.0980. The molecule has 0 spiro atoms. The van der Waals surface area contributed by atoms with Crippen LogP contribution in [0.3, 0.4) is 0 Å². The highest BCUT2D eigenvalue weighted by molar-refractivity contribution is 5.66. The monoisotopic (exact) mass is 622 g/mol. The fourth-order valence-electron chi connectivity index (χ4n) is 6.31. The van der Waals surface area contributed by atoms with E-state index in [1.54, 1.807) is 0 Å². The molecule has 2 heterocycles. The lowest BCUT2D eigenvalue weighted by atomic mass is 9.81. The van der Waals surface area contributed by atoms with E-state index in [2.05, 4.69) is 101 Å². The molecule has 0 bridgehead atoms. The molecule has 1 saturated carbocycles. The molecule has 2 aliphatic rings. The van der Waals surface area contributed by atoms with Crippen molar-refractivity contribution in [2.75, 3.05) is 41.8 Å². The maximum Gasteiger partial charge on any atom is 0.167 e. The minimum absolute atomic E-state index is 0.272. The zero-order valence-electron chi connectivity index (χ0n) is 28.9. The van der Waals surface area contributed by atoms with Crippen molar-refractivity contribution in [3.05, 3.63) is 77.2 Å². The maximum absolute atomic E-state index is 8.00. The first kappa shape index (κ1) is 36.2. The number of carbonyl (C=O) groups is 1. The first-order valence-corrected chi connectivity index (χ1v) is 17.0. The highest BCUT2D eigenvalue weighted by Gasteiger charge is 2.32. The average Bonchev–Trinajstić information content (AvgIpc) is 3.96. The number of hydrogen-bond donors (Lipinski definition) is 2. The van der Waals surface area contributed by atoms with E-state index in [0.29, 0.717) is 17.4 Å². The van der Waals surface area contributed by atoms with Gasteiger partial charge in [0.2, 0.25) is 0 Å². The molecule has 1 unspecified atom stereocenters. The molecule has 1 aliphatic carbocycles. The van der Waals surface area contributed by atoms with Crippen molar-refractivity contribution in [2.45, 2.75) is 91.0 Å². The van der Waals surface area contributed by atoms with Crippen LogP contribution in [0.4, 0.5) is 23.0 Å². The molecule has 2 aromatic carbocycles. The predicted molar refractivity (Wildman–Crippen MR) is 196 cm³/mol. The van der Waals surface area contributed by atoms with Crippen LogP contribution in [0, 0.1) is 12.3 Å². The number of piperidine rings is 1. The highest BCUT2D eigenvalue weighted by atomic mass is 16.1. The molecule has 0 radical (unpaired) electrons. The molecular weight excluding hydrogens is 568 g/mol. The van der Waals surface area contributed by atoms with Gasteiger partial charge in [-0.25, -0.2) is 9.97 Å². The molecule has 246 valence electrons. The molecule has 3 aromatic rings. The Labute approximate surface area is 277 Å². The maximum atomic E-state index is 8.00. The van der Waals surface area contributed by atoms with Gasteiger partial charge in [-0.1, -0.05) is 45.9 Å². The third-order valence-electron chi connectivity index (χ3n) is 8.65. The predicted octanol–water partition coefficient (Wildman–Crippen LogP) is 8.51. The van der Waals surface area contributed by atoms with E-state index in [1.165, 1.54) is 35.2 Å². The largest absolute Gasteiger partial charge is 0.394 e. The summed E-state index contributed by atoms with van der Waals surface area (Å²) in [7, 11) is 1.96. The minimum Gasteiger partial charge on any atom is -0.394 e. The third-order valence-corrected chi connectivity index (χ3v) is 8.65. The summed E-state index contributed by atoms with van der Waals surface area (Å²) < 4.78 is 0. The number of hydrogen-bond acceptors (Lipinski definition) is 7. The Morgan fingerprint density at radius 2 is 1.76 bits per heavy atom. The Morgan fingerprint density at radius 1 is 1.07 bits per heavy atom. The van der Waals surface area contributed by atoms with Crippen LogP contribution in [-0.2, 0) is 4.79 Å². The zero-order valence-corrected chi connectivity index (χ0v) is 28.9. The number of benzene rings is 2. The topological polar surface area (TPSA) is 73.4 Å². The summed E-state index contributed by atoms with van der Waals surface area (Å²) in [6.07, 6.45) is 19.1. The van der Waals surface area contributed by atoms with Gasteiger partial charge in [0.25, 0.3) is 0 Å². The van der Waals surface area contributed by atoms with E-state index in [9.17, 15) is 0 Å². The van der Waals surface area contributed by atoms with Crippen molar-refractivity contribution >= 4 is 35.9 Å².